The van der Waals surface area contributed by atoms with E-state index >= 15 is 0 Å². The highest BCUT2D eigenvalue weighted by atomic mass is 35.5. The van der Waals surface area contributed by atoms with Crippen molar-refractivity contribution in [1.82, 2.24) is 0 Å². The van der Waals surface area contributed by atoms with Crippen LogP contribution in [0, 0.1) is 0 Å². The molecule has 0 aromatic heterocycles. The Morgan fingerprint density at radius 3 is 2.16 bits per heavy atom. The van der Waals surface area contributed by atoms with Crippen LogP contribution < -0.4 is 15.5 Å². The lowest BCUT2D eigenvalue weighted by Crippen LogP contribution is -2.32. The number of amides is 3. The molecule has 2 N–H and O–H groups in total. The van der Waals surface area contributed by atoms with Gasteiger partial charge in [0.15, 0.2) is 0 Å². The lowest BCUT2D eigenvalue weighted by atomic mass is 10.1. The number of hydrogen-bond acceptors (Lipinski definition) is 4. The van der Waals surface area contributed by atoms with Crippen molar-refractivity contribution in [2.24, 2.45) is 0 Å². The lowest BCUT2D eigenvalue weighted by molar-refractivity contribution is -0.120. The molecule has 9 heteroatoms. The number of nitrogens with zero attached hydrogens (tertiary/aromatic N) is 1. The van der Waals surface area contributed by atoms with Crippen molar-refractivity contribution in [3.05, 3.63) is 99.1 Å². The van der Waals surface area contributed by atoms with E-state index in [9.17, 15) is 14.4 Å². The maximum atomic E-state index is 12.9. The van der Waals surface area contributed by atoms with E-state index in [-0.39, 0.29) is 16.6 Å². The van der Waals surface area contributed by atoms with Gasteiger partial charge in [-0.2, -0.15) is 0 Å². The number of nitrogens with one attached hydrogen (secondary N) is 2. The third kappa shape index (κ3) is 4.48. The van der Waals surface area contributed by atoms with Gasteiger partial charge in [0.2, 0.25) is 0 Å². The number of hydrogen-bond donors (Lipinski definition) is 2. The molecule has 0 saturated heterocycles. The normalized spacial score (nSPS) is 13.5. The molecule has 3 aromatic carbocycles. The van der Waals surface area contributed by atoms with Crippen LogP contribution in [-0.4, -0.2) is 17.7 Å². The van der Waals surface area contributed by atoms with Crippen LogP contribution in [0.1, 0.15) is 10.4 Å². The zero-order valence-corrected chi connectivity index (χ0v) is 18.5. The van der Waals surface area contributed by atoms with Gasteiger partial charge >= 0.3 is 0 Å². The van der Waals surface area contributed by atoms with E-state index in [0.29, 0.717) is 32.7 Å². The Kier molecular flexibility index (Phi) is 6.19. The fourth-order valence-corrected chi connectivity index (χ4v) is 3.62. The fraction of sp³-hybridized carbons (Fsp3) is 0. The quantitative estimate of drug-likeness (QED) is 0.455. The molecular weight excluding hydrogens is 473 g/mol. The molecule has 0 unspecified atom stereocenters. The Labute approximate surface area is 198 Å². The van der Waals surface area contributed by atoms with Crippen LogP contribution >= 0.6 is 34.8 Å². The Bertz CT molecular complexity index is 1270. The zero-order valence-electron chi connectivity index (χ0n) is 16.2. The summed E-state index contributed by atoms with van der Waals surface area (Å²) in [4.78, 5) is 39.0. The largest absolute Gasteiger partial charge is 0.350 e. The molecule has 1 aliphatic rings. The summed E-state index contributed by atoms with van der Waals surface area (Å²) in [6.45, 7) is 0. The molecule has 0 aliphatic carbocycles. The Morgan fingerprint density at radius 1 is 0.750 bits per heavy atom. The van der Waals surface area contributed by atoms with E-state index in [1.165, 1.54) is 0 Å². The summed E-state index contributed by atoms with van der Waals surface area (Å²) in [6, 6.07) is 19.4. The van der Waals surface area contributed by atoms with Crippen LogP contribution in [0.4, 0.5) is 17.1 Å². The summed E-state index contributed by atoms with van der Waals surface area (Å²) < 4.78 is 0. The first-order chi connectivity index (χ1) is 15.3. The van der Waals surface area contributed by atoms with Crippen molar-refractivity contribution in [2.75, 3.05) is 15.5 Å². The molecule has 0 atom stereocenters. The predicted octanol–water partition coefficient (Wildman–Crippen LogP) is 5.68. The molecule has 1 aliphatic heterocycles. The molecule has 4 rings (SSSR count). The van der Waals surface area contributed by atoms with Gasteiger partial charge in [0.25, 0.3) is 17.7 Å². The average Bonchev–Trinajstić information content (AvgIpc) is 2.98. The minimum atomic E-state index is -0.656. The van der Waals surface area contributed by atoms with Crippen molar-refractivity contribution in [3.63, 3.8) is 0 Å². The standard InChI is InChI=1S/C23H14Cl3N3O3/c24-14-7-9-18(10-8-14)29-22(31)19(26)20(23(29)32)27-16-5-1-3-13(11-16)21(30)28-17-6-2-4-15(25)12-17/h1-12,27H,(H,28,30). The third-order valence-corrected chi connectivity index (χ3v) is 5.43. The van der Waals surface area contributed by atoms with Crippen molar-refractivity contribution in [1.29, 1.82) is 0 Å². The number of rotatable bonds is 5. The van der Waals surface area contributed by atoms with Crippen LogP contribution in [0.5, 0.6) is 0 Å². The number of benzene rings is 3. The summed E-state index contributed by atoms with van der Waals surface area (Å²) in [6.07, 6.45) is 0. The minimum Gasteiger partial charge on any atom is -0.350 e. The first-order valence-corrected chi connectivity index (χ1v) is 10.4. The maximum absolute atomic E-state index is 12.9. The first kappa shape index (κ1) is 21.9. The second kappa shape index (κ2) is 9.04. The van der Waals surface area contributed by atoms with E-state index in [0.717, 1.165) is 4.90 Å². The summed E-state index contributed by atoms with van der Waals surface area (Å²) >= 11 is 18.0. The first-order valence-electron chi connectivity index (χ1n) is 9.31. The highest BCUT2D eigenvalue weighted by Gasteiger charge is 2.38. The SMILES string of the molecule is O=C(Nc1cccc(Cl)c1)c1cccc(NC2=C(Cl)C(=O)N(c3ccc(Cl)cc3)C2=O)c1. The van der Waals surface area contributed by atoms with Gasteiger partial charge in [-0.05, 0) is 60.7 Å². The maximum Gasteiger partial charge on any atom is 0.283 e. The van der Waals surface area contributed by atoms with Crippen LogP contribution in [0.3, 0.4) is 0 Å². The number of carbonyl (C=O) groups excluding carboxylic acids is 3. The monoisotopic (exact) mass is 485 g/mol. The Hall–Kier alpha value is -3.32. The molecule has 6 nitrogen and oxygen atoms in total. The van der Waals surface area contributed by atoms with E-state index in [1.807, 2.05) is 0 Å². The van der Waals surface area contributed by atoms with Crippen molar-refractivity contribution >= 4 is 69.6 Å². The third-order valence-electron chi connectivity index (χ3n) is 4.59. The second-order valence-corrected chi connectivity index (χ2v) is 8.03. The molecule has 0 fully saturated rings. The van der Waals surface area contributed by atoms with Crippen molar-refractivity contribution < 1.29 is 14.4 Å². The molecule has 0 saturated carbocycles. The van der Waals surface area contributed by atoms with Gasteiger partial charge in [-0.25, -0.2) is 4.90 Å². The van der Waals surface area contributed by atoms with E-state index in [4.69, 9.17) is 34.8 Å². The molecule has 0 spiro atoms. The van der Waals surface area contributed by atoms with Crippen LogP contribution in [0.15, 0.2) is 83.5 Å². The van der Waals surface area contributed by atoms with E-state index < -0.39 is 11.8 Å². The van der Waals surface area contributed by atoms with Crippen LogP contribution in [-0.2, 0) is 9.59 Å². The number of anilines is 3. The lowest BCUT2D eigenvalue weighted by Gasteiger charge is -2.15. The fourth-order valence-electron chi connectivity index (χ4n) is 3.09. The molecule has 0 radical (unpaired) electrons. The predicted molar refractivity (Wildman–Crippen MR) is 126 cm³/mol. The number of halogens is 3. The van der Waals surface area contributed by atoms with Crippen LogP contribution in [0.2, 0.25) is 10.0 Å². The van der Waals surface area contributed by atoms with Crippen LogP contribution in [0.25, 0.3) is 0 Å². The molecule has 3 amide bonds. The second-order valence-electron chi connectivity index (χ2n) is 6.78. The van der Waals surface area contributed by atoms with Gasteiger partial charge in [0, 0.05) is 27.0 Å². The van der Waals surface area contributed by atoms with Gasteiger partial charge in [0.05, 0.1) is 5.69 Å². The summed E-state index contributed by atoms with van der Waals surface area (Å²) in [7, 11) is 0. The van der Waals surface area contributed by atoms with Gasteiger partial charge in [0.1, 0.15) is 10.7 Å². The number of carbonyl (C=O) groups is 3. The highest BCUT2D eigenvalue weighted by molar-refractivity contribution is 6.53. The molecule has 32 heavy (non-hydrogen) atoms. The van der Waals surface area contributed by atoms with Gasteiger partial charge in [-0.1, -0.05) is 46.9 Å². The Morgan fingerprint density at radius 2 is 1.44 bits per heavy atom. The summed E-state index contributed by atoms with van der Waals surface area (Å²) in [5.41, 5.74) is 1.55. The van der Waals surface area contributed by atoms with Gasteiger partial charge < -0.3 is 10.6 Å². The highest BCUT2D eigenvalue weighted by Crippen LogP contribution is 2.31. The van der Waals surface area contributed by atoms with Crippen molar-refractivity contribution in [2.45, 2.75) is 0 Å². The molecule has 3 aromatic rings. The van der Waals surface area contributed by atoms with E-state index in [2.05, 4.69) is 10.6 Å². The molecule has 1 heterocycles. The topological polar surface area (TPSA) is 78.5 Å². The minimum absolute atomic E-state index is 0.0842. The number of imide groups is 1. The zero-order chi connectivity index (χ0) is 22.8. The summed E-state index contributed by atoms with van der Waals surface area (Å²) in [5.74, 6) is -1.64. The summed E-state index contributed by atoms with van der Waals surface area (Å²) in [5, 5.41) is 6.32. The molecular formula is C23H14Cl3N3O3. The molecule has 0 bridgehead atoms. The van der Waals surface area contributed by atoms with Gasteiger partial charge in [-0.3, -0.25) is 14.4 Å². The van der Waals surface area contributed by atoms with Crippen molar-refractivity contribution in [3.8, 4) is 0 Å². The van der Waals surface area contributed by atoms with E-state index in [1.54, 1.807) is 72.8 Å². The smallest absolute Gasteiger partial charge is 0.283 e. The molecule has 160 valence electrons. The van der Waals surface area contributed by atoms with Gasteiger partial charge in [-0.15, -0.1) is 0 Å². The average molecular weight is 487 g/mol. The Balaban J connectivity index is 1.54.